The zero-order valence-electron chi connectivity index (χ0n) is 19.3. The molecule has 0 bridgehead atoms. The van der Waals surface area contributed by atoms with Gasteiger partial charge in [0.15, 0.2) is 28.6 Å². The quantitative estimate of drug-likeness (QED) is 0.211. The summed E-state index contributed by atoms with van der Waals surface area (Å²) < 4.78 is 29.6. The van der Waals surface area contributed by atoms with Gasteiger partial charge in [0.2, 0.25) is 5.28 Å². The van der Waals surface area contributed by atoms with E-state index in [0.717, 1.165) is 25.7 Å². The van der Waals surface area contributed by atoms with Crippen LogP contribution in [0.4, 0.5) is 5.82 Å². The standard InChI is InChI=1S/C19H30ClN6O8P/c1-3-19(9-32-2,35(29,30)31)33-8-11-13(27)14(28)17(34-11)26-16-12(24-25-26)15(22-18(20)23-16)21-10-6-4-5-7-10/h10-11,13-14,17,27-28H,3-9H2,1-2H3,(H,21,22,23)(H2,29,30,31)/t11-,13-,14-,17-,19?/m1/s1. The van der Waals surface area contributed by atoms with Crippen LogP contribution in [0.2, 0.25) is 5.28 Å². The highest BCUT2D eigenvalue weighted by Gasteiger charge is 2.50. The third-order valence-electron chi connectivity index (χ3n) is 6.54. The Labute approximate surface area is 206 Å². The minimum Gasteiger partial charge on any atom is -0.387 e. The average Bonchev–Trinajstić information content (AvgIpc) is 3.52. The van der Waals surface area contributed by atoms with Crippen molar-refractivity contribution >= 4 is 36.2 Å². The lowest BCUT2D eigenvalue weighted by atomic mass is 10.1. The fraction of sp³-hybridized carbons (Fsp3) is 0.789. The van der Waals surface area contributed by atoms with Crippen molar-refractivity contribution in [2.45, 2.75) is 75.0 Å². The van der Waals surface area contributed by atoms with Crippen LogP contribution in [0, 0.1) is 0 Å². The predicted octanol–water partition coefficient (Wildman–Crippen LogP) is 0.795. The van der Waals surface area contributed by atoms with Gasteiger partial charge in [-0.3, -0.25) is 4.57 Å². The molecule has 0 amide bonds. The molecule has 5 N–H and O–H groups in total. The second-order valence-corrected chi connectivity index (χ2v) is 11.0. The Bertz CT molecular complexity index is 1080. The van der Waals surface area contributed by atoms with Crippen molar-refractivity contribution in [3.05, 3.63) is 5.28 Å². The Morgan fingerprint density at radius 1 is 1.26 bits per heavy atom. The molecule has 5 atom stereocenters. The molecule has 35 heavy (non-hydrogen) atoms. The molecule has 0 radical (unpaired) electrons. The highest BCUT2D eigenvalue weighted by atomic mass is 35.5. The summed E-state index contributed by atoms with van der Waals surface area (Å²) >= 11 is 6.14. The van der Waals surface area contributed by atoms with Crippen molar-refractivity contribution in [2.24, 2.45) is 0 Å². The number of nitrogens with one attached hydrogen (secondary N) is 1. The lowest BCUT2D eigenvalue weighted by Crippen LogP contribution is -2.41. The van der Waals surface area contributed by atoms with Crippen LogP contribution in [0.5, 0.6) is 0 Å². The Morgan fingerprint density at radius 3 is 2.60 bits per heavy atom. The molecular formula is C19H30ClN6O8P. The third kappa shape index (κ3) is 5.17. The fourth-order valence-electron chi connectivity index (χ4n) is 4.49. The third-order valence-corrected chi connectivity index (χ3v) is 8.35. The first-order chi connectivity index (χ1) is 16.6. The second-order valence-electron chi connectivity index (χ2n) is 8.81. The number of aromatic nitrogens is 5. The number of halogens is 1. The van der Waals surface area contributed by atoms with Crippen molar-refractivity contribution in [3.8, 4) is 0 Å². The van der Waals surface area contributed by atoms with E-state index in [1.807, 2.05) is 0 Å². The largest absolute Gasteiger partial charge is 0.387 e. The number of hydrogen-bond acceptors (Lipinski definition) is 11. The molecule has 1 aliphatic heterocycles. The predicted molar refractivity (Wildman–Crippen MR) is 123 cm³/mol. The lowest BCUT2D eigenvalue weighted by Gasteiger charge is -2.33. The molecule has 2 aromatic rings. The number of rotatable bonds is 10. The summed E-state index contributed by atoms with van der Waals surface area (Å²) in [5.41, 5.74) is 0.527. The van der Waals surface area contributed by atoms with Crippen molar-refractivity contribution in [2.75, 3.05) is 25.6 Å². The van der Waals surface area contributed by atoms with Crippen LogP contribution in [0.15, 0.2) is 0 Å². The highest BCUT2D eigenvalue weighted by Crippen LogP contribution is 2.53. The van der Waals surface area contributed by atoms with Crippen molar-refractivity contribution < 1.29 is 38.8 Å². The molecule has 196 valence electrons. The number of ether oxygens (including phenoxy) is 3. The van der Waals surface area contributed by atoms with Crippen LogP contribution in [0.1, 0.15) is 45.3 Å². The van der Waals surface area contributed by atoms with Gasteiger partial charge < -0.3 is 39.5 Å². The molecule has 1 unspecified atom stereocenters. The smallest absolute Gasteiger partial charge is 0.359 e. The van der Waals surface area contributed by atoms with E-state index >= 15 is 0 Å². The Morgan fingerprint density at radius 2 is 1.97 bits per heavy atom. The van der Waals surface area contributed by atoms with Crippen molar-refractivity contribution in [3.63, 3.8) is 0 Å². The first-order valence-corrected chi connectivity index (χ1v) is 13.3. The number of hydrogen-bond donors (Lipinski definition) is 5. The molecule has 3 heterocycles. The maximum absolute atomic E-state index is 12.1. The number of methoxy groups -OCH3 is 1. The van der Waals surface area contributed by atoms with E-state index in [1.165, 1.54) is 11.8 Å². The minimum absolute atomic E-state index is 0.0524. The van der Waals surface area contributed by atoms with E-state index in [-0.39, 0.29) is 30.0 Å². The van der Waals surface area contributed by atoms with Gasteiger partial charge in [-0.25, -0.2) is 0 Å². The van der Waals surface area contributed by atoms with Gasteiger partial charge in [0.1, 0.15) is 18.3 Å². The van der Waals surface area contributed by atoms with E-state index in [4.69, 9.17) is 25.8 Å². The van der Waals surface area contributed by atoms with Gasteiger partial charge in [-0.1, -0.05) is 25.0 Å². The lowest BCUT2D eigenvalue weighted by molar-refractivity contribution is -0.114. The number of anilines is 1. The van der Waals surface area contributed by atoms with Crippen LogP contribution >= 0.6 is 19.2 Å². The molecule has 2 fully saturated rings. The van der Waals surface area contributed by atoms with Crippen LogP contribution in [0.3, 0.4) is 0 Å². The van der Waals surface area contributed by atoms with Crippen LogP contribution in [0.25, 0.3) is 11.2 Å². The molecule has 16 heteroatoms. The minimum atomic E-state index is -4.75. The molecule has 0 spiro atoms. The summed E-state index contributed by atoms with van der Waals surface area (Å²) in [7, 11) is -3.45. The Hall–Kier alpha value is -1.48. The van der Waals surface area contributed by atoms with Crippen molar-refractivity contribution in [1.82, 2.24) is 25.0 Å². The maximum Gasteiger partial charge on any atom is 0.359 e. The first kappa shape index (κ1) is 26.6. The number of aliphatic hydroxyl groups excluding tert-OH is 2. The zero-order valence-corrected chi connectivity index (χ0v) is 21.0. The van der Waals surface area contributed by atoms with Gasteiger partial charge >= 0.3 is 7.60 Å². The Kier molecular flexibility index (Phi) is 7.96. The summed E-state index contributed by atoms with van der Waals surface area (Å²) in [6.45, 7) is 0.750. The topological polar surface area (TPSA) is 194 Å². The highest BCUT2D eigenvalue weighted by molar-refractivity contribution is 7.53. The number of nitrogens with zero attached hydrogens (tertiary/aromatic N) is 5. The molecule has 4 rings (SSSR count). The molecule has 14 nitrogen and oxygen atoms in total. The van der Waals surface area contributed by atoms with Crippen molar-refractivity contribution in [1.29, 1.82) is 0 Å². The fourth-order valence-corrected chi connectivity index (χ4v) is 5.61. The van der Waals surface area contributed by atoms with E-state index in [0.29, 0.717) is 11.3 Å². The van der Waals surface area contributed by atoms with E-state index < -0.39 is 44.1 Å². The maximum atomic E-state index is 12.1. The van der Waals surface area contributed by atoms with Gasteiger partial charge in [0.05, 0.1) is 13.2 Å². The van der Waals surface area contributed by atoms with Gasteiger partial charge in [-0.15, -0.1) is 5.10 Å². The molecule has 1 aliphatic carbocycles. The molecule has 2 aliphatic rings. The first-order valence-electron chi connectivity index (χ1n) is 11.4. The summed E-state index contributed by atoms with van der Waals surface area (Å²) in [4.78, 5) is 28.1. The summed E-state index contributed by atoms with van der Waals surface area (Å²) in [6, 6.07) is 0.228. The van der Waals surface area contributed by atoms with Gasteiger partial charge in [-0.2, -0.15) is 14.6 Å². The SMILES string of the molecule is CCC(COC)(OC[C@H]1O[C@@H](n2nnc3c(NC4CCCC4)nc(Cl)nc32)[C@H](O)[C@@H]1O)P(=O)(O)O. The molecule has 0 aromatic carbocycles. The summed E-state index contributed by atoms with van der Waals surface area (Å²) in [5, 5.41) is 30.8. The van der Waals surface area contributed by atoms with Gasteiger partial charge in [0.25, 0.3) is 0 Å². The molecule has 2 aromatic heterocycles. The molecule has 1 saturated carbocycles. The van der Waals surface area contributed by atoms with Crippen LogP contribution < -0.4 is 5.32 Å². The monoisotopic (exact) mass is 536 g/mol. The molecule has 1 saturated heterocycles. The van der Waals surface area contributed by atoms with E-state index in [2.05, 4.69) is 25.6 Å². The summed E-state index contributed by atoms with van der Waals surface area (Å²) in [6.07, 6.45) is -1.08. The zero-order chi connectivity index (χ0) is 25.4. The molecular weight excluding hydrogens is 507 g/mol. The van der Waals surface area contributed by atoms with Crippen LogP contribution in [-0.2, 0) is 18.8 Å². The number of aliphatic hydroxyl groups is 2. The second kappa shape index (κ2) is 10.5. The van der Waals surface area contributed by atoms with E-state index in [1.54, 1.807) is 6.92 Å². The normalized spacial score (nSPS) is 27.5. The average molecular weight is 537 g/mol. The Balaban J connectivity index is 1.56. The summed E-state index contributed by atoms with van der Waals surface area (Å²) in [5.74, 6) is 0.417. The van der Waals surface area contributed by atoms with Gasteiger partial charge in [0, 0.05) is 13.2 Å². The van der Waals surface area contributed by atoms with E-state index in [9.17, 15) is 24.6 Å². The van der Waals surface area contributed by atoms with Gasteiger partial charge in [-0.05, 0) is 30.9 Å². The number of fused-ring (bicyclic) bond motifs is 1. The van der Waals surface area contributed by atoms with Crippen LogP contribution in [-0.4, -0.2) is 95.0 Å².